The number of carbonyl (C=O) groups is 2. The summed E-state index contributed by atoms with van der Waals surface area (Å²) in [6.07, 6.45) is 2.27. The van der Waals surface area contributed by atoms with Gasteiger partial charge in [0.05, 0.1) is 25.5 Å². The van der Waals surface area contributed by atoms with E-state index in [4.69, 9.17) is 0 Å². The molecule has 2 heterocycles. The van der Waals surface area contributed by atoms with Crippen molar-refractivity contribution in [2.24, 2.45) is 4.99 Å². The molecule has 0 aliphatic carbocycles. The van der Waals surface area contributed by atoms with Crippen molar-refractivity contribution in [3.63, 3.8) is 0 Å². The van der Waals surface area contributed by atoms with Crippen LogP contribution in [-0.2, 0) is 19.1 Å². The van der Waals surface area contributed by atoms with Crippen LogP contribution in [0.4, 0.5) is 0 Å². The second kappa shape index (κ2) is 6.39. The van der Waals surface area contributed by atoms with Crippen molar-refractivity contribution < 1.29 is 19.1 Å². The van der Waals surface area contributed by atoms with Crippen LogP contribution in [0.15, 0.2) is 16.3 Å². The summed E-state index contributed by atoms with van der Waals surface area (Å²) >= 11 is 0. The zero-order valence-electron chi connectivity index (χ0n) is 12.0. The smallest absolute Gasteiger partial charge is 0.330 e. The van der Waals surface area contributed by atoms with Crippen LogP contribution < -0.4 is 5.32 Å². The number of hydrogen-bond acceptors (Lipinski definition) is 7. The second-order valence-electron chi connectivity index (χ2n) is 4.88. The molecule has 1 N–H and O–H groups in total. The third-order valence-electron chi connectivity index (χ3n) is 3.66. The molecule has 1 saturated heterocycles. The highest BCUT2D eigenvalue weighted by atomic mass is 16.5. The normalized spacial score (nSPS) is 26.4. The minimum absolute atomic E-state index is 0.344. The summed E-state index contributed by atoms with van der Waals surface area (Å²) < 4.78 is 9.35. The molecule has 0 aromatic heterocycles. The average Bonchev–Trinajstić information content (AvgIpc) is 3.16. The van der Waals surface area contributed by atoms with Crippen LogP contribution in [0.5, 0.6) is 0 Å². The van der Waals surface area contributed by atoms with E-state index in [0.717, 1.165) is 0 Å². The molecule has 0 amide bonds. The van der Waals surface area contributed by atoms with E-state index in [2.05, 4.69) is 25.9 Å². The average molecular weight is 291 g/mol. The van der Waals surface area contributed by atoms with Crippen LogP contribution in [0.3, 0.4) is 0 Å². The Labute approximate surface area is 122 Å². The van der Waals surface area contributed by atoms with E-state index in [1.54, 1.807) is 0 Å². The van der Waals surface area contributed by atoms with E-state index in [1.165, 1.54) is 14.2 Å². The molecule has 7 nitrogen and oxygen atoms in total. The number of allylic oxidation sites excluding steroid dienone is 2. The lowest BCUT2D eigenvalue weighted by Crippen LogP contribution is -2.31. The first kappa shape index (κ1) is 15.0. The maximum Gasteiger partial charge on any atom is 0.330 e. The second-order valence-corrected chi connectivity index (χ2v) is 4.88. The van der Waals surface area contributed by atoms with E-state index in [1.807, 2.05) is 0 Å². The monoisotopic (exact) mass is 291 g/mol. The molecule has 0 radical (unpaired) electrons. The van der Waals surface area contributed by atoms with Gasteiger partial charge in [0.15, 0.2) is 0 Å². The first-order valence-corrected chi connectivity index (χ1v) is 6.73. The Hall–Kier alpha value is -2.36. The number of esters is 2. The Balaban J connectivity index is 2.18. The highest BCUT2D eigenvalue weighted by molar-refractivity contribution is 6.06. The zero-order chi connectivity index (χ0) is 15.4. The Kier molecular flexibility index (Phi) is 4.58. The summed E-state index contributed by atoms with van der Waals surface area (Å²) in [5, 5.41) is 12.4. The quantitative estimate of drug-likeness (QED) is 0.599. The minimum Gasteiger partial charge on any atom is -0.467 e. The Morgan fingerprint density at radius 1 is 1.24 bits per heavy atom. The van der Waals surface area contributed by atoms with Crippen molar-refractivity contribution in [3.05, 3.63) is 11.3 Å². The molecule has 2 rings (SSSR count). The van der Waals surface area contributed by atoms with Gasteiger partial charge in [0.1, 0.15) is 18.2 Å². The molecule has 0 unspecified atom stereocenters. The number of nitrogens with one attached hydrogen (secondary N) is 1. The fraction of sp³-hybridized carbons (Fsp3) is 0.571. The summed E-state index contributed by atoms with van der Waals surface area (Å²) in [7, 11) is 2.65. The number of carbonyl (C=O) groups excluding carboxylic acids is 2. The molecule has 0 spiro atoms. The number of aliphatic imine (C=N–C) groups is 1. The van der Waals surface area contributed by atoms with E-state index in [0.29, 0.717) is 42.7 Å². The van der Waals surface area contributed by atoms with Gasteiger partial charge in [-0.1, -0.05) is 0 Å². The number of ether oxygens (including phenoxy) is 2. The first-order chi connectivity index (χ1) is 10.1. The number of rotatable bonds is 3. The van der Waals surface area contributed by atoms with E-state index in [9.17, 15) is 14.9 Å². The molecular weight excluding hydrogens is 274 g/mol. The molecule has 0 aromatic carbocycles. The lowest BCUT2D eigenvalue weighted by molar-refractivity contribution is -0.143. The molecule has 2 atom stereocenters. The van der Waals surface area contributed by atoms with Crippen LogP contribution in [0.25, 0.3) is 0 Å². The van der Waals surface area contributed by atoms with E-state index < -0.39 is 12.1 Å². The molecule has 2 aliphatic heterocycles. The maximum absolute atomic E-state index is 11.5. The molecule has 0 aromatic rings. The van der Waals surface area contributed by atoms with Gasteiger partial charge < -0.3 is 14.8 Å². The van der Waals surface area contributed by atoms with Crippen molar-refractivity contribution in [1.82, 2.24) is 5.32 Å². The number of nitriles is 1. The highest BCUT2D eigenvalue weighted by Crippen LogP contribution is 2.25. The summed E-state index contributed by atoms with van der Waals surface area (Å²) in [6.45, 7) is 0. The third-order valence-corrected chi connectivity index (χ3v) is 3.66. The predicted octanol–water partition coefficient (Wildman–Crippen LogP) is 0.465. The number of hydrogen-bond donors (Lipinski definition) is 1. The molecule has 1 fully saturated rings. The Morgan fingerprint density at radius 2 is 1.95 bits per heavy atom. The fourth-order valence-electron chi connectivity index (χ4n) is 2.55. The summed E-state index contributed by atoms with van der Waals surface area (Å²) in [5.74, 6) is -0.734. The van der Waals surface area contributed by atoms with Gasteiger partial charge in [-0.25, -0.2) is 9.59 Å². The topological polar surface area (TPSA) is 101 Å². The van der Waals surface area contributed by atoms with Crippen LogP contribution >= 0.6 is 0 Å². The highest BCUT2D eigenvalue weighted by Gasteiger charge is 2.32. The standard InChI is InChI=1S/C14H17N3O4/c1-20-13(18)11-5-3-9(16-11)8(7-15)10-4-6-12(17-10)14(19)21-2/h11-12,16H,3-6H2,1-2H3/b9-8+/t11-,12-/m0/s1. The van der Waals surface area contributed by atoms with Crippen LogP contribution in [0.1, 0.15) is 25.7 Å². The third kappa shape index (κ3) is 3.05. The lowest BCUT2D eigenvalue weighted by atomic mass is 10.1. The molecular formula is C14H17N3O4. The van der Waals surface area contributed by atoms with Gasteiger partial charge in [-0.2, -0.15) is 5.26 Å². The molecule has 0 saturated carbocycles. The van der Waals surface area contributed by atoms with Crippen LogP contribution in [-0.4, -0.2) is 44.0 Å². The summed E-state index contributed by atoms with van der Waals surface area (Å²) in [6, 6.07) is 1.16. The van der Waals surface area contributed by atoms with Crippen molar-refractivity contribution in [3.8, 4) is 6.07 Å². The van der Waals surface area contributed by atoms with Gasteiger partial charge in [-0.3, -0.25) is 4.99 Å². The zero-order valence-corrected chi connectivity index (χ0v) is 12.0. The predicted molar refractivity (Wildman–Crippen MR) is 73.3 cm³/mol. The van der Waals surface area contributed by atoms with Gasteiger partial charge in [0, 0.05) is 5.70 Å². The largest absolute Gasteiger partial charge is 0.467 e. The van der Waals surface area contributed by atoms with Crippen molar-refractivity contribution in [1.29, 1.82) is 5.26 Å². The molecule has 21 heavy (non-hydrogen) atoms. The lowest BCUT2D eigenvalue weighted by Gasteiger charge is -2.09. The molecule has 7 heteroatoms. The first-order valence-electron chi connectivity index (χ1n) is 6.73. The Morgan fingerprint density at radius 3 is 2.57 bits per heavy atom. The Bertz CT molecular complexity index is 559. The van der Waals surface area contributed by atoms with Gasteiger partial charge in [-0.05, 0) is 25.7 Å². The van der Waals surface area contributed by atoms with Crippen molar-refractivity contribution in [2.75, 3.05) is 14.2 Å². The van der Waals surface area contributed by atoms with E-state index >= 15 is 0 Å². The fourth-order valence-corrected chi connectivity index (χ4v) is 2.55. The van der Waals surface area contributed by atoms with Gasteiger partial charge in [0.2, 0.25) is 0 Å². The summed E-state index contributed by atoms with van der Waals surface area (Å²) in [5.41, 5.74) is 1.71. The van der Waals surface area contributed by atoms with Crippen LogP contribution in [0.2, 0.25) is 0 Å². The molecule has 112 valence electrons. The van der Waals surface area contributed by atoms with Gasteiger partial charge >= 0.3 is 11.9 Å². The maximum atomic E-state index is 11.5. The van der Waals surface area contributed by atoms with Crippen molar-refractivity contribution >= 4 is 17.7 Å². The SMILES string of the molecule is COC(=O)[C@@H]1CCC(/C(C#N)=C2\CC[C@@H](C(=O)OC)N2)=N1. The molecule has 0 bridgehead atoms. The number of nitrogens with zero attached hydrogens (tertiary/aromatic N) is 2. The van der Waals surface area contributed by atoms with E-state index in [-0.39, 0.29) is 11.9 Å². The molecule has 2 aliphatic rings. The van der Waals surface area contributed by atoms with Gasteiger partial charge in [-0.15, -0.1) is 0 Å². The van der Waals surface area contributed by atoms with Crippen molar-refractivity contribution in [2.45, 2.75) is 37.8 Å². The minimum atomic E-state index is -0.535. The van der Waals surface area contributed by atoms with Crippen LogP contribution in [0, 0.1) is 11.3 Å². The summed E-state index contributed by atoms with van der Waals surface area (Å²) in [4.78, 5) is 27.2. The van der Waals surface area contributed by atoms with Gasteiger partial charge in [0.25, 0.3) is 0 Å². The number of methoxy groups -OCH3 is 2.